The number of hydrogen-bond acceptors (Lipinski definition) is 4. The number of carbonyl (C=O) groups excluding carboxylic acids is 1. The van der Waals surface area contributed by atoms with Crippen molar-refractivity contribution >= 4 is 5.97 Å². The standard InChI is InChI=1S/C8H16N2O2/c1-7(8(11)12-2)5-10-4-3-9-6-10/h7,9H,3-6H2,1-2H3. The summed E-state index contributed by atoms with van der Waals surface area (Å²) in [6, 6.07) is 0. The number of rotatable bonds is 3. The second kappa shape index (κ2) is 4.42. The van der Waals surface area contributed by atoms with Gasteiger partial charge < -0.3 is 10.1 Å². The third-order valence-electron chi connectivity index (χ3n) is 2.08. The highest BCUT2D eigenvalue weighted by atomic mass is 16.5. The van der Waals surface area contributed by atoms with E-state index >= 15 is 0 Å². The molecule has 1 fully saturated rings. The Morgan fingerprint density at radius 2 is 2.50 bits per heavy atom. The van der Waals surface area contributed by atoms with Gasteiger partial charge in [0.1, 0.15) is 0 Å². The van der Waals surface area contributed by atoms with Crippen LogP contribution in [0.25, 0.3) is 0 Å². The molecule has 1 aliphatic rings. The molecule has 0 aromatic carbocycles. The van der Waals surface area contributed by atoms with E-state index in [9.17, 15) is 4.79 Å². The first kappa shape index (κ1) is 9.48. The van der Waals surface area contributed by atoms with E-state index in [1.807, 2.05) is 6.92 Å². The lowest BCUT2D eigenvalue weighted by atomic mass is 10.2. The number of nitrogens with zero attached hydrogens (tertiary/aromatic N) is 1. The molecule has 0 saturated carbocycles. The number of methoxy groups -OCH3 is 1. The van der Waals surface area contributed by atoms with Crippen molar-refractivity contribution < 1.29 is 9.53 Å². The van der Waals surface area contributed by atoms with Crippen molar-refractivity contribution in [1.82, 2.24) is 10.2 Å². The zero-order valence-corrected chi connectivity index (χ0v) is 7.67. The van der Waals surface area contributed by atoms with Crippen molar-refractivity contribution in [2.75, 3.05) is 33.4 Å². The molecule has 0 amide bonds. The van der Waals surface area contributed by atoms with Crippen molar-refractivity contribution in [1.29, 1.82) is 0 Å². The maximum atomic E-state index is 11.0. The third kappa shape index (κ3) is 2.46. The second-order valence-corrected chi connectivity index (χ2v) is 3.16. The maximum absolute atomic E-state index is 11.0. The molecule has 0 aromatic heterocycles. The monoisotopic (exact) mass is 172 g/mol. The Morgan fingerprint density at radius 3 is 3.00 bits per heavy atom. The highest BCUT2D eigenvalue weighted by Crippen LogP contribution is 2.03. The smallest absolute Gasteiger partial charge is 0.309 e. The largest absolute Gasteiger partial charge is 0.469 e. The number of hydrogen-bond donors (Lipinski definition) is 1. The molecule has 0 spiro atoms. The van der Waals surface area contributed by atoms with Crippen molar-refractivity contribution in [3.05, 3.63) is 0 Å². The van der Waals surface area contributed by atoms with Gasteiger partial charge in [0.2, 0.25) is 0 Å². The first-order chi connectivity index (χ1) is 5.74. The molecule has 0 aromatic rings. The van der Waals surface area contributed by atoms with E-state index in [0.717, 1.165) is 26.3 Å². The number of ether oxygens (including phenoxy) is 1. The van der Waals surface area contributed by atoms with E-state index < -0.39 is 0 Å². The van der Waals surface area contributed by atoms with Gasteiger partial charge in [-0.3, -0.25) is 9.69 Å². The Bertz CT molecular complexity index is 155. The predicted molar refractivity (Wildman–Crippen MR) is 45.6 cm³/mol. The van der Waals surface area contributed by atoms with Crippen molar-refractivity contribution in [3.63, 3.8) is 0 Å². The van der Waals surface area contributed by atoms with E-state index in [2.05, 4.69) is 15.0 Å². The van der Waals surface area contributed by atoms with Gasteiger partial charge in [-0.05, 0) is 0 Å². The van der Waals surface area contributed by atoms with Crippen LogP contribution in [-0.2, 0) is 9.53 Å². The van der Waals surface area contributed by atoms with Gasteiger partial charge in [-0.15, -0.1) is 0 Å². The molecule has 70 valence electrons. The van der Waals surface area contributed by atoms with Crippen molar-refractivity contribution in [2.24, 2.45) is 5.92 Å². The van der Waals surface area contributed by atoms with Gasteiger partial charge in [-0.25, -0.2) is 0 Å². The summed E-state index contributed by atoms with van der Waals surface area (Å²) in [5.74, 6) is -0.142. The second-order valence-electron chi connectivity index (χ2n) is 3.16. The molecule has 1 unspecified atom stereocenters. The predicted octanol–water partition coefficient (Wildman–Crippen LogP) is -0.342. The summed E-state index contributed by atoms with van der Waals surface area (Å²) in [6.07, 6.45) is 0. The zero-order valence-electron chi connectivity index (χ0n) is 7.67. The van der Waals surface area contributed by atoms with E-state index in [1.54, 1.807) is 0 Å². The lowest BCUT2D eigenvalue weighted by Gasteiger charge is -2.17. The fraction of sp³-hybridized carbons (Fsp3) is 0.875. The Labute approximate surface area is 72.9 Å². The van der Waals surface area contributed by atoms with Gasteiger partial charge in [-0.1, -0.05) is 6.92 Å². The molecular weight excluding hydrogens is 156 g/mol. The van der Waals surface area contributed by atoms with Gasteiger partial charge >= 0.3 is 5.97 Å². The van der Waals surface area contributed by atoms with Crippen LogP contribution in [0.1, 0.15) is 6.92 Å². The summed E-state index contributed by atoms with van der Waals surface area (Å²) < 4.78 is 4.64. The highest BCUT2D eigenvalue weighted by Gasteiger charge is 2.19. The minimum absolute atomic E-state index is 0.0186. The normalized spacial score (nSPS) is 20.8. The molecule has 0 aliphatic carbocycles. The molecule has 0 radical (unpaired) electrons. The van der Waals surface area contributed by atoms with Gasteiger partial charge in [0, 0.05) is 26.3 Å². The lowest BCUT2D eigenvalue weighted by molar-refractivity contribution is -0.145. The Balaban J connectivity index is 2.24. The minimum Gasteiger partial charge on any atom is -0.469 e. The molecule has 1 heterocycles. The van der Waals surface area contributed by atoms with Gasteiger partial charge in [-0.2, -0.15) is 0 Å². The Kier molecular flexibility index (Phi) is 3.49. The topological polar surface area (TPSA) is 41.6 Å². The van der Waals surface area contributed by atoms with E-state index in [-0.39, 0.29) is 11.9 Å². The highest BCUT2D eigenvalue weighted by molar-refractivity contribution is 5.72. The third-order valence-corrected chi connectivity index (χ3v) is 2.08. The van der Waals surface area contributed by atoms with E-state index in [0.29, 0.717) is 0 Å². The summed E-state index contributed by atoms with van der Waals surface area (Å²) in [7, 11) is 1.43. The summed E-state index contributed by atoms with van der Waals surface area (Å²) in [5, 5.41) is 3.21. The molecule has 4 heteroatoms. The lowest BCUT2D eigenvalue weighted by Crippen LogP contribution is -2.31. The van der Waals surface area contributed by atoms with Crippen LogP contribution in [0.5, 0.6) is 0 Å². The van der Waals surface area contributed by atoms with Crippen LogP contribution >= 0.6 is 0 Å². The molecule has 1 saturated heterocycles. The van der Waals surface area contributed by atoms with Gasteiger partial charge in [0.05, 0.1) is 13.0 Å². The van der Waals surface area contributed by atoms with E-state index in [4.69, 9.17) is 0 Å². The van der Waals surface area contributed by atoms with Crippen LogP contribution in [-0.4, -0.2) is 44.3 Å². The number of nitrogens with one attached hydrogen (secondary N) is 1. The van der Waals surface area contributed by atoms with Crippen LogP contribution in [0.4, 0.5) is 0 Å². The Morgan fingerprint density at radius 1 is 1.75 bits per heavy atom. The van der Waals surface area contributed by atoms with Crippen molar-refractivity contribution in [2.45, 2.75) is 6.92 Å². The molecule has 1 N–H and O–H groups in total. The van der Waals surface area contributed by atoms with Crippen molar-refractivity contribution in [3.8, 4) is 0 Å². The number of esters is 1. The van der Waals surface area contributed by atoms with Crippen LogP contribution < -0.4 is 5.32 Å². The quantitative estimate of drug-likeness (QED) is 0.591. The molecular formula is C8H16N2O2. The number of carbonyl (C=O) groups is 1. The van der Waals surface area contributed by atoms with Gasteiger partial charge in [0.25, 0.3) is 0 Å². The molecule has 1 aliphatic heterocycles. The summed E-state index contributed by atoms with van der Waals surface area (Å²) >= 11 is 0. The Hall–Kier alpha value is -0.610. The molecule has 12 heavy (non-hydrogen) atoms. The zero-order chi connectivity index (χ0) is 8.97. The maximum Gasteiger partial charge on any atom is 0.309 e. The molecule has 1 rings (SSSR count). The first-order valence-corrected chi connectivity index (χ1v) is 4.25. The summed E-state index contributed by atoms with van der Waals surface area (Å²) in [4.78, 5) is 13.2. The van der Waals surface area contributed by atoms with Crippen LogP contribution in [0.3, 0.4) is 0 Å². The van der Waals surface area contributed by atoms with E-state index in [1.165, 1.54) is 7.11 Å². The van der Waals surface area contributed by atoms with Crippen LogP contribution in [0.2, 0.25) is 0 Å². The fourth-order valence-electron chi connectivity index (χ4n) is 1.37. The summed E-state index contributed by atoms with van der Waals surface area (Å²) in [5.41, 5.74) is 0. The van der Waals surface area contributed by atoms with Crippen LogP contribution in [0, 0.1) is 5.92 Å². The minimum atomic E-state index is -0.123. The molecule has 4 nitrogen and oxygen atoms in total. The SMILES string of the molecule is COC(=O)C(C)CN1CCNC1. The van der Waals surface area contributed by atoms with Gasteiger partial charge in [0.15, 0.2) is 0 Å². The van der Waals surface area contributed by atoms with Crippen LogP contribution in [0.15, 0.2) is 0 Å². The fourth-order valence-corrected chi connectivity index (χ4v) is 1.37. The average Bonchev–Trinajstić information content (AvgIpc) is 2.55. The first-order valence-electron chi connectivity index (χ1n) is 4.25. The summed E-state index contributed by atoms with van der Waals surface area (Å²) in [6.45, 7) is 5.63. The molecule has 0 bridgehead atoms. The average molecular weight is 172 g/mol. The molecule has 1 atom stereocenters.